The molecule has 1 fully saturated rings. The van der Waals surface area contributed by atoms with Gasteiger partial charge in [0, 0.05) is 5.38 Å². The van der Waals surface area contributed by atoms with Crippen LogP contribution in [0.25, 0.3) is 0 Å². The van der Waals surface area contributed by atoms with Crippen molar-refractivity contribution in [1.29, 1.82) is 0 Å². The maximum Gasteiger partial charge on any atom is 0.363 e. The predicted octanol–water partition coefficient (Wildman–Crippen LogP) is -2.71. The lowest BCUT2D eigenvalue weighted by molar-refractivity contribution is -0.161. The number of nitrogens with two attached hydrogens (primary N) is 2. The third-order valence-electron chi connectivity index (χ3n) is 3.74. The Morgan fingerprint density at radius 2 is 2.00 bits per heavy atom. The summed E-state index contributed by atoms with van der Waals surface area (Å²) in [6, 6.07) is -3.64. The van der Waals surface area contributed by atoms with Crippen LogP contribution >= 0.6 is 11.3 Å². The van der Waals surface area contributed by atoms with Crippen molar-refractivity contribution < 1.29 is 42.1 Å². The number of anilines is 1. The summed E-state index contributed by atoms with van der Waals surface area (Å²) in [5.41, 5.74) is 7.94. The van der Waals surface area contributed by atoms with Crippen LogP contribution < -0.4 is 16.8 Å². The summed E-state index contributed by atoms with van der Waals surface area (Å²) in [5.74, 6) is -5.24. The lowest BCUT2D eigenvalue weighted by atomic mass is 9.98. The normalized spacial score (nSPS) is 19.8. The van der Waals surface area contributed by atoms with Crippen LogP contribution in [0, 0.1) is 0 Å². The van der Waals surface area contributed by atoms with Crippen LogP contribution in [0.1, 0.15) is 19.5 Å². The smallest absolute Gasteiger partial charge is 0.363 e. The Kier molecular flexibility index (Phi) is 6.00. The molecule has 0 spiro atoms. The number of rotatable bonds is 8. The summed E-state index contributed by atoms with van der Waals surface area (Å²) >= 11 is 0.910. The number of carbonyl (C=O) groups excluding carboxylic acids is 3. The average Bonchev–Trinajstić information content (AvgIpc) is 3.01. The van der Waals surface area contributed by atoms with Crippen molar-refractivity contribution in [3.63, 3.8) is 0 Å². The number of oxime groups is 1. The van der Waals surface area contributed by atoms with E-state index in [9.17, 15) is 27.6 Å². The maximum atomic E-state index is 12.6. The SMILES string of the molecule is CC(C)(ON=C(C(=O)N[C@@H]1C(=O)N(S(=O)(=O)O)[C@H]1C(N)=O)c1csc(N)n1)C(=O)O. The number of thiazole rings is 1. The number of carbonyl (C=O) groups is 4. The highest BCUT2D eigenvalue weighted by molar-refractivity contribution is 7.84. The van der Waals surface area contributed by atoms with E-state index in [4.69, 9.17) is 26.0 Å². The Bertz CT molecular complexity index is 1050. The highest BCUT2D eigenvalue weighted by Crippen LogP contribution is 2.24. The van der Waals surface area contributed by atoms with E-state index in [1.54, 1.807) is 0 Å². The minimum Gasteiger partial charge on any atom is -0.478 e. The molecular formula is C13H16N6O9S2. The van der Waals surface area contributed by atoms with E-state index < -0.39 is 57.4 Å². The number of hydrogen-bond donors (Lipinski definition) is 5. The second-order valence-electron chi connectivity index (χ2n) is 6.33. The fourth-order valence-corrected chi connectivity index (χ4v) is 3.55. The zero-order valence-corrected chi connectivity index (χ0v) is 16.9. The number of carboxylic acids is 1. The number of aromatic nitrogens is 1. The summed E-state index contributed by atoms with van der Waals surface area (Å²) < 4.78 is 31.3. The molecule has 7 N–H and O–H groups in total. The molecule has 2 heterocycles. The summed E-state index contributed by atoms with van der Waals surface area (Å²) in [7, 11) is -5.10. The number of nitrogen functional groups attached to an aromatic ring is 1. The first kappa shape index (κ1) is 23.0. The first-order valence-corrected chi connectivity index (χ1v) is 10.1. The van der Waals surface area contributed by atoms with E-state index in [1.807, 2.05) is 5.32 Å². The molecule has 0 aromatic carbocycles. The van der Waals surface area contributed by atoms with Gasteiger partial charge in [-0.15, -0.1) is 11.3 Å². The quantitative estimate of drug-likeness (QED) is 0.114. The highest BCUT2D eigenvalue weighted by Gasteiger charge is 2.57. The fourth-order valence-electron chi connectivity index (χ4n) is 2.15. The van der Waals surface area contributed by atoms with Crippen LogP contribution in [0.15, 0.2) is 10.5 Å². The monoisotopic (exact) mass is 464 g/mol. The van der Waals surface area contributed by atoms with Gasteiger partial charge in [0.2, 0.25) is 11.5 Å². The second kappa shape index (κ2) is 7.84. The highest BCUT2D eigenvalue weighted by atomic mass is 32.2. The minimum atomic E-state index is -5.10. The van der Waals surface area contributed by atoms with Gasteiger partial charge in [-0.2, -0.15) is 12.7 Å². The number of carboxylic acid groups (broad SMARTS) is 1. The fraction of sp³-hybridized carbons (Fsp3) is 0.385. The van der Waals surface area contributed by atoms with E-state index >= 15 is 0 Å². The first-order valence-electron chi connectivity index (χ1n) is 7.78. The number of primary amides is 1. The molecule has 17 heteroatoms. The molecule has 164 valence electrons. The Morgan fingerprint density at radius 1 is 1.40 bits per heavy atom. The van der Waals surface area contributed by atoms with Gasteiger partial charge in [-0.1, -0.05) is 5.16 Å². The lowest BCUT2D eigenvalue weighted by Gasteiger charge is -2.41. The van der Waals surface area contributed by atoms with E-state index in [0.717, 1.165) is 25.2 Å². The molecule has 1 aromatic rings. The summed E-state index contributed by atoms with van der Waals surface area (Å²) in [6.45, 7) is 2.29. The van der Waals surface area contributed by atoms with Crippen molar-refractivity contribution >= 4 is 56.2 Å². The lowest BCUT2D eigenvalue weighted by Crippen LogP contribution is -2.75. The molecule has 0 radical (unpaired) electrons. The van der Waals surface area contributed by atoms with Crippen LogP contribution in [0.3, 0.4) is 0 Å². The number of β-lactam (4-membered cyclic amide) rings is 1. The molecule has 3 amide bonds. The third kappa shape index (κ3) is 4.47. The molecule has 30 heavy (non-hydrogen) atoms. The molecule has 2 atom stereocenters. The topological polar surface area (TPSA) is 245 Å². The van der Waals surface area contributed by atoms with E-state index in [-0.39, 0.29) is 15.1 Å². The minimum absolute atomic E-state index is 0.0234. The van der Waals surface area contributed by atoms with Crippen molar-refractivity contribution in [2.45, 2.75) is 31.5 Å². The van der Waals surface area contributed by atoms with Crippen molar-refractivity contribution in [2.24, 2.45) is 10.9 Å². The molecular weight excluding hydrogens is 448 g/mol. The summed E-state index contributed by atoms with van der Waals surface area (Å²) in [4.78, 5) is 56.0. The number of aliphatic carboxylic acids is 1. The average molecular weight is 464 g/mol. The Morgan fingerprint density at radius 3 is 2.43 bits per heavy atom. The van der Waals surface area contributed by atoms with Crippen molar-refractivity contribution in [1.82, 2.24) is 14.6 Å². The van der Waals surface area contributed by atoms with Gasteiger partial charge in [0.05, 0.1) is 0 Å². The van der Waals surface area contributed by atoms with Gasteiger partial charge < -0.3 is 26.7 Å². The molecule has 1 aromatic heterocycles. The Balaban J connectivity index is 2.34. The molecule has 1 aliphatic heterocycles. The van der Waals surface area contributed by atoms with Crippen LogP contribution in [0.5, 0.6) is 0 Å². The van der Waals surface area contributed by atoms with Crippen LogP contribution in [-0.2, 0) is 34.3 Å². The molecule has 1 saturated heterocycles. The van der Waals surface area contributed by atoms with Crippen molar-refractivity contribution in [3.8, 4) is 0 Å². The molecule has 0 unspecified atom stereocenters. The zero-order chi connectivity index (χ0) is 23.0. The maximum absolute atomic E-state index is 12.6. The van der Waals surface area contributed by atoms with Gasteiger partial charge in [0.25, 0.3) is 11.8 Å². The molecule has 0 aliphatic carbocycles. The molecule has 0 bridgehead atoms. The first-order chi connectivity index (χ1) is 13.7. The number of nitrogens with one attached hydrogen (secondary N) is 1. The number of nitrogens with zero attached hydrogens (tertiary/aromatic N) is 3. The van der Waals surface area contributed by atoms with Gasteiger partial charge in [0.1, 0.15) is 11.7 Å². The summed E-state index contributed by atoms with van der Waals surface area (Å²) in [6.07, 6.45) is 0. The molecule has 1 aliphatic rings. The van der Waals surface area contributed by atoms with E-state index in [2.05, 4.69) is 10.1 Å². The molecule has 15 nitrogen and oxygen atoms in total. The standard InChI is InChI=1S/C13H16N6O9S2/c1-13(2,11(23)24)28-18-5(4-3-29-12(15)16-4)9(21)17-6-7(8(14)20)19(10(6)22)30(25,26)27/h3,6-7H,1-2H3,(H2,14,20)(H2,15,16)(H,17,21)(H,23,24)(H,25,26,27)/t6-,7+/m0/s1. The largest absolute Gasteiger partial charge is 0.478 e. The Labute approximate surface area is 172 Å². The van der Waals surface area contributed by atoms with E-state index in [1.165, 1.54) is 5.38 Å². The number of hydrogen-bond acceptors (Lipinski definition) is 11. The van der Waals surface area contributed by atoms with Crippen LogP contribution in [0.2, 0.25) is 0 Å². The van der Waals surface area contributed by atoms with Gasteiger partial charge in [0.15, 0.2) is 16.9 Å². The molecule has 0 saturated carbocycles. The van der Waals surface area contributed by atoms with Gasteiger partial charge >= 0.3 is 16.3 Å². The van der Waals surface area contributed by atoms with Crippen molar-refractivity contribution in [3.05, 3.63) is 11.1 Å². The van der Waals surface area contributed by atoms with Crippen molar-refractivity contribution in [2.75, 3.05) is 5.73 Å². The zero-order valence-electron chi connectivity index (χ0n) is 15.3. The predicted molar refractivity (Wildman–Crippen MR) is 99.2 cm³/mol. The van der Waals surface area contributed by atoms with E-state index in [0.29, 0.717) is 0 Å². The second-order valence-corrected chi connectivity index (χ2v) is 8.51. The number of amides is 3. The van der Waals surface area contributed by atoms with Gasteiger partial charge in [-0.05, 0) is 13.8 Å². The third-order valence-corrected chi connectivity index (χ3v) is 5.32. The van der Waals surface area contributed by atoms with Gasteiger partial charge in [-0.25, -0.2) is 9.78 Å². The summed E-state index contributed by atoms with van der Waals surface area (Å²) in [5, 5.41) is 15.9. The molecule has 2 rings (SSSR count). The van der Waals surface area contributed by atoms with Crippen LogP contribution in [-0.4, -0.2) is 74.5 Å². The van der Waals surface area contributed by atoms with Gasteiger partial charge in [-0.3, -0.25) is 18.9 Å². The Hall–Kier alpha value is -3.31. The van der Waals surface area contributed by atoms with Crippen LogP contribution in [0.4, 0.5) is 5.13 Å².